The van der Waals surface area contributed by atoms with E-state index < -0.39 is 0 Å². The second-order valence-corrected chi connectivity index (χ2v) is 6.70. The number of hydrogen-bond acceptors (Lipinski definition) is 0. The Bertz CT molecular complexity index is 560. The maximum Gasteiger partial charge on any atom is 0.0258 e. The number of aryl methyl sites for hydroxylation is 2. The van der Waals surface area contributed by atoms with Crippen LogP contribution in [0.1, 0.15) is 22.3 Å². The fourth-order valence-electron chi connectivity index (χ4n) is 2.40. The van der Waals surface area contributed by atoms with E-state index in [4.69, 9.17) is 11.6 Å². The summed E-state index contributed by atoms with van der Waals surface area (Å²) in [4.78, 5) is 0. The molecule has 2 aromatic carbocycles. The lowest BCUT2D eigenvalue weighted by Crippen LogP contribution is -2.10. The molecule has 0 aliphatic carbocycles. The lowest BCUT2D eigenvalue weighted by molar-refractivity contribution is 0.583. The quantitative estimate of drug-likeness (QED) is 0.606. The summed E-state index contributed by atoms with van der Waals surface area (Å²) in [5, 5.41) is 0. The minimum Gasteiger partial charge on any atom is -0.126 e. The van der Waals surface area contributed by atoms with Crippen LogP contribution in [0.15, 0.2) is 46.9 Å². The van der Waals surface area contributed by atoms with E-state index in [9.17, 15) is 0 Å². The van der Waals surface area contributed by atoms with E-state index in [2.05, 4.69) is 72.2 Å². The van der Waals surface area contributed by atoms with E-state index in [1.165, 1.54) is 22.3 Å². The Hall–Kier alpha value is -0.790. The molecule has 0 amide bonds. The molecule has 2 rings (SSSR count). The molecule has 0 aromatic heterocycles. The number of benzene rings is 2. The molecule has 0 spiro atoms. The van der Waals surface area contributed by atoms with Crippen molar-refractivity contribution in [3.05, 3.63) is 69.2 Å². The first kappa shape index (κ1) is 15.6. The van der Waals surface area contributed by atoms with Crippen LogP contribution in [0.5, 0.6) is 0 Å². The number of alkyl halides is 1. The van der Waals surface area contributed by atoms with Crippen LogP contribution in [-0.2, 0) is 12.8 Å². The SMILES string of the molecule is Cc1ccc(CC(CCl)Cc2ccc(Br)cc2)cc1C. The third kappa shape index (κ3) is 4.36. The van der Waals surface area contributed by atoms with Crippen molar-refractivity contribution >= 4 is 27.5 Å². The van der Waals surface area contributed by atoms with Crippen LogP contribution in [0.2, 0.25) is 0 Å². The van der Waals surface area contributed by atoms with Gasteiger partial charge in [0, 0.05) is 10.4 Å². The van der Waals surface area contributed by atoms with Crippen molar-refractivity contribution in [2.45, 2.75) is 26.7 Å². The largest absolute Gasteiger partial charge is 0.126 e. The molecule has 106 valence electrons. The monoisotopic (exact) mass is 350 g/mol. The maximum atomic E-state index is 6.16. The first-order valence-electron chi connectivity index (χ1n) is 6.95. The normalized spacial score (nSPS) is 12.4. The number of rotatable bonds is 5. The molecule has 0 fully saturated rings. The van der Waals surface area contributed by atoms with Crippen molar-refractivity contribution in [3.63, 3.8) is 0 Å². The smallest absolute Gasteiger partial charge is 0.0258 e. The highest BCUT2D eigenvalue weighted by atomic mass is 79.9. The van der Waals surface area contributed by atoms with E-state index in [-0.39, 0.29) is 0 Å². The van der Waals surface area contributed by atoms with E-state index in [1.807, 2.05) is 0 Å². The summed E-state index contributed by atoms with van der Waals surface area (Å²) in [5.41, 5.74) is 5.45. The van der Waals surface area contributed by atoms with Crippen LogP contribution in [0.4, 0.5) is 0 Å². The van der Waals surface area contributed by atoms with Gasteiger partial charge in [-0.3, -0.25) is 0 Å². The Balaban J connectivity index is 2.04. The van der Waals surface area contributed by atoms with Crippen LogP contribution >= 0.6 is 27.5 Å². The highest BCUT2D eigenvalue weighted by Crippen LogP contribution is 2.20. The van der Waals surface area contributed by atoms with Crippen molar-refractivity contribution in [2.75, 3.05) is 5.88 Å². The molecular weight excluding hydrogens is 332 g/mol. The summed E-state index contributed by atoms with van der Waals surface area (Å²) in [7, 11) is 0. The molecular formula is C18H20BrCl. The summed E-state index contributed by atoms with van der Waals surface area (Å²) in [6, 6.07) is 15.2. The molecule has 2 heteroatoms. The standard InChI is InChI=1S/C18H20BrCl/c1-13-3-4-16(9-14(13)2)11-17(12-20)10-15-5-7-18(19)8-6-15/h3-9,17H,10-12H2,1-2H3. The zero-order valence-corrected chi connectivity index (χ0v) is 14.3. The van der Waals surface area contributed by atoms with E-state index in [0.717, 1.165) is 17.3 Å². The second kappa shape index (κ2) is 7.28. The predicted molar refractivity (Wildman–Crippen MR) is 91.7 cm³/mol. The van der Waals surface area contributed by atoms with Crippen molar-refractivity contribution in [3.8, 4) is 0 Å². The van der Waals surface area contributed by atoms with Crippen LogP contribution in [-0.4, -0.2) is 5.88 Å². The average Bonchev–Trinajstić information content (AvgIpc) is 2.44. The van der Waals surface area contributed by atoms with E-state index in [0.29, 0.717) is 11.8 Å². The molecule has 2 aromatic rings. The minimum atomic E-state index is 0.486. The first-order chi connectivity index (χ1) is 9.58. The van der Waals surface area contributed by atoms with Gasteiger partial charge in [0.1, 0.15) is 0 Å². The van der Waals surface area contributed by atoms with Gasteiger partial charge in [0.15, 0.2) is 0 Å². The van der Waals surface area contributed by atoms with Gasteiger partial charge < -0.3 is 0 Å². The molecule has 0 radical (unpaired) electrons. The number of halogens is 2. The summed E-state index contributed by atoms with van der Waals surface area (Å²) in [5.74, 6) is 1.18. The zero-order chi connectivity index (χ0) is 14.5. The van der Waals surface area contributed by atoms with Crippen molar-refractivity contribution in [1.82, 2.24) is 0 Å². The van der Waals surface area contributed by atoms with Crippen molar-refractivity contribution in [2.24, 2.45) is 5.92 Å². The average molecular weight is 352 g/mol. The second-order valence-electron chi connectivity index (χ2n) is 5.47. The molecule has 0 aliphatic rings. The van der Waals surface area contributed by atoms with Gasteiger partial charge in [-0.25, -0.2) is 0 Å². The van der Waals surface area contributed by atoms with Gasteiger partial charge in [-0.2, -0.15) is 0 Å². The first-order valence-corrected chi connectivity index (χ1v) is 8.28. The Morgan fingerprint density at radius 1 is 0.900 bits per heavy atom. The van der Waals surface area contributed by atoms with Gasteiger partial charge in [-0.05, 0) is 67.0 Å². The Morgan fingerprint density at radius 2 is 1.50 bits per heavy atom. The van der Waals surface area contributed by atoms with Crippen LogP contribution < -0.4 is 0 Å². The third-order valence-electron chi connectivity index (χ3n) is 3.75. The van der Waals surface area contributed by atoms with Gasteiger partial charge in [0.2, 0.25) is 0 Å². The van der Waals surface area contributed by atoms with Crippen LogP contribution in [0.25, 0.3) is 0 Å². The maximum absolute atomic E-state index is 6.16. The molecule has 0 saturated heterocycles. The van der Waals surface area contributed by atoms with E-state index >= 15 is 0 Å². The molecule has 0 heterocycles. The molecule has 0 N–H and O–H groups in total. The molecule has 1 atom stereocenters. The summed E-state index contributed by atoms with van der Waals surface area (Å²) in [6.07, 6.45) is 2.07. The van der Waals surface area contributed by atoms with Gasteiger partial charge >= 0.3 is 0 Å². The van der Waals surface area contributed by atoms with Crippen LogP contribution in [0.3, 0.4) is 0 Å². The molecule has 20 heavy (non-hydrogen) atoms. The topological polar surface area (TPSA) is 0 Å². The third-order valence-corrected chi connectivity index (χ3v) is 4.72. The Labute approximate surface area is 135 Å². The molecule has 0 nitrogen and oxygen atoms in total. The number of hydrogen-bond donors (Lipinski definition) is 0. The minimum absolute atomic E-state index is 0.486. The summed E-state index contributed by atoms with van der Waals surface area (Å²) >= 11 is 9.63. The van der Waals surface area contributed by atoms with Crippen LogP contribution in [0, 0.1) is 19.8 Å². The van der Waals surface area contributed by atoms with Gasteiger partial charge in [0.05, 0.1) is 0 Å². The Kier molecular flexibility index (Phi) is 5.68. The van der Waals surface area contributed by atoms with Crippen molar-refractivity contribution in [1.29, 1.82) is 0 Å². The molecule has 0 saturated carbocycles. The molecule has 0 aliphatic heterocycles. The zero-order valence-electron chi connectivity index (χ0n) is 12.0. The Morgan fingerprint density at radius 3 is 2.10 bits per heavy atom. The lowest BCUT2D eigenvalue weighted by Gasteiger charge is -2.15. The fourth-order valence-corrected chi connectivity index (χ4v) is 2.88. The van der Waals surface area contributed by atoms with Gasteiger partial charge in [-0.15, -0.1) is 11.6 Å². The predicted octanol–water partition coefficient (Wildman–Crippen LogP) is 5.71. The summed E-state index contributed by atoms with van der Waals surface area (Å²) < 4.78 is 1.12. The van der Waals surface area contributed by atoms with E-state index in [1.54, 1.807) is 0 Å². The van der Waals surface area contributed by atoms with Gasteiger partial charge in [-0.1, -0.05) is 46.3 Å². The highest BCUT2D eigenvalue weighted by Gasteiger charge is 2.10. The fraction of sp³-hybridized carbons (Fsp3) is 0.333. The summed E-state index contributed by atoms with van der Waals surface area (Å²) in [6.45, 7) is 4.32. The highest BCUT2D eigenvalue weighted by molar-refractivity contribution is 9.10. The lowest BCUT2D eigenvalue weighted by atomic mass is 9.93. The molecule has 1 unspecified atom stereocenters. The molecule has 0 bridgehead atoms. The van der Waals surface area contributed by atoms with Crippen molar-refractivity contribution < 1.29 is 0 Å². The van der Waals surface area contributed by atoms with Gasteiger partial charge in [0.25, 0.3) is 0 Å².